The van der Waals surface area contributed by atoms with E-state index in [-0.39, 0.29) is 12.5 Å². The van der Waals surface area contributed by atoms with E-state index in [9.17, 15) is 4.79 Å². The number of nitrogens with one attached hydrogen (secondary N) is 2. The van der Waals surface area contributed by atoms with Gasteiger partial charge in [-0.05, 0) is 36.4 Å². The third-order valence-corrected chi connectivity index (χ3v) is 4.06. The number of fused-ring (bicyclic) bond motifs is 1. The molecule has 0 aliphatic heterocycles. The topological polar surface area (TPSA) is 76.1 Å². The van der Waals surface area contributed by atoms with Gasteiger partial charge < -0.3 is 15.4 Å². The number of ether oxygens (including phenoxy) is 1. The molecule has 2 aromatic carbocycles. The number of hydrogen-bond acceptors (Lipinski definition) is 5. The molecule has 6 heteroatoms. The zero-order chi connectivity index (χ0) is 19.2. The average molecular weight is 370 g/mol. The lowest BCUT2D eigenvalue weighted by atomic mass is 10.2. The van der Waals surface area contributed by atoms with E-state index < -0.39 is 0 Å². The molecule has 0 saturated carbocycles. The van der Waals surface area contributed by atoms with Crippen LogP contribution in [0.2, 0.25) is 0 Å². The van der Waals surface area contributed by atoms with E-state index in [1.54, 1.807) is 36.7 Å². The van der Waals surface area contributed by atoms with Gasteiger partial charge in [-0.25, -0.2) is 4.98 Å². The maximum absolute atomic E-state index is 12.0. The molecule has 138 valence electrons. The summed E-state index contributed by atoms with van der Waals surface area (Å²) in [7, 11) is 0. The lowest BCUT2D eigenvalue weighted by Crippen LogP contribution is -2.20. The number of hydrogen-bond donors (Lipinski definition) is 2. The van der Waals surface area contributed by atoms with Crippen molar-refractivity contribution in [1.29, 1.82) is 0 Å². The first-order valence-electron chi connectivity index (χ1n) is 8.82. The van der Waals surface area contributed by atoms with Crippen molar-refractivity contribution >= 4 is 34.0 Å². The van der Waals surface area contributed by atoms with Gasteiger partial charge in [0.05, 0.1) is 23.1 Å². The summed E-state index contributed by atoms with van der Waals surface area (Å²) in [4.78, 5) is 20.8. The monoisotopic (exact) mass is 370 g/mol. The van der Waals surface area contributed by atoms with Gasteiger partial charge >= 0.3 is 0 Å². The molecule has 0 fully saturated rings. The predicted octanol–water partition coefficient (Wildman–Crippen LogP) is 4.39. The van der Waals surface area contributed by atoms with Crippen LogP contribution in [-0.2, 0) is 4.79 Å². The van der Waals surface area contributed by atoms with E-state index in [0.29, 0.717) is 17.3 Å². The Labute approximate surface area is 162 Å². The van der Waals surface area contributed by atoms with E-state index in [1.165, 1.54) is 0 Å². The molecule has 2 N–H and O–H groups in total. The molecule has 0 radical (unpaired) electrons. The van der Waals surface area contributed by atoms with Gasteiger partial charge in [0.15, 0.2) is 6.61 Å². The van der Waals surface area contributed by atoms with E-state index in [1.807, 2.05) is 48.5 Å². The van der Waals surface area contributed by atoms with Crippen LogP contribution in [0.25, 0.3) is 10.9 Å². The van der Waals surface area contributed by atoms with Crippen LogP contribution in [0, 0.1) is 0 Å². The second-order valence-corrected chi connectivity index (χ2v) is 6.09. The average Bonchev–Trinajstić information content (AvgIpc) is 2.75. The molecule has 4 rings (SSSR count). The Balaban J connectivity index is 1.37. The lowest BCUT2D eigenvalue weighted by Gasteiger charge is -2.10. The first kappa shape index (κ1) is 17.5. The first-order valence-corrected chi connectivity index (χ1v) is 8.82. The molecule has 0 aliphatic carbocycles. The van der Waals surface area contributed by atoms with Gasteiger partial charge in [0, 0.05) is 11.6 Å². The number of carbonyl (C=O) groups excluding carboxylic acids is 1. The molecule has 0 atom stereocenters. The van der Waals surface area contributed by atoms with Crippen molar-refractivity contribution in [3.05, 3.63) is 85.2 Å². The van der Waals surface area contributed by atoms with E-state index in [0.717, 1.165) is 16.6 Å². The Hall–Kier alpha value is -3.93. The van der Waals surface area contributed by atoms with Crippen molar-refractivity contribution in [3.63, 3.8) is 0 Å². The van der Waals surface area contributed by atoms with Crippen LogP contribution in [0.15, 0.2) is 85.2 Å². The highest BCUT2D eigenvalue weighted by molar-refractivity contribution is 5.93. The van der Waals surface area contributed by atoms with Gasteiger partial charge in [-0.2, -0.15) is 0 Å². The van der Waals surface area contributed by atoms with Crippen molar-refractivity contribution < 1.29 is 9.53 Å². The predicted molar refractivity (Wildman–Crippen MR) is 110 cm³/mol. The molecular weight excluding hydrogens is 352 g/mol. The third kappa shape index (κ3) is 4.24. The lowest BCUT2D eigenvalue weighted by molar-refractivity contribution is -0.118. The number of pyridine rings is 2. The highest BCUT2D eigenvalue weighted by Gasteiger charge is 2.06. The van der Waals surface area contributed by atoms with Crippen molar-refractivity contribution in [2.45, 2.75) is 0 Å². The highest BCUT2D eigenvalue weighted by atomic mass is 16.5. The summed E-state index contributed by atoms with van der Waals surface area (Å²) in [5.41, 5.74) is 2.35. The van der Waals surface area contributed by atoms with E-state index in [4.69, 9.17) is 4.74 Å². The smallest absolute Gasteiger partial charge is 0.262 e. The Morgan fingerprint density at radius 2 is 1.75 bits per heavy atom. The maximum Gasteiger partial charge on any atom is 0.262 e. The summed E-state index contributed by atoms with van der Waals surface area (Å²) in [6.45, 7) is -0.0638. The Morgan fingerprint density at radius 3 is 2.57 bits per heavy atom. The molecule has 0 unspecified atom stereocenters. The van der Waals surface area contributed by atoms with Crippen LogP contribution in [0.1, 0.15) is 0 Å². The Morgan fingerprint density at radius 1 is 0.893 bits per heavy atom. The molecule has 6 nitrogen and oxygen atoms in total. The molecule has 0 spiro atoms. The Bertz CT molecular complexity index is 1080. The third-order valence-electron chi connectivity index (χ3n) is 4.06. The number of carbonyl (C=O) groups is 1. The summed E-state index contributed by atoms with van der Waals surface area (Å²) in [5.74, 6) is 1.07. The minimum atomic E-state index is -0.246. The van der Waals surface area contributed by atoms with Crippen LogP contribution < -0.4 is 15.4 Å². The minimum absolute atomic E-state index is 0.0638. The van der Waals surface area contributed by atoms with Crippen LogP contribution in [-0.4, -0.2) is 22.5 Å². The molecule has 2 heterocycles. The SMILES string of the molecule is O=C(COc1ccccc1)Nc1ccc(Nc2cccc3cccnc23)nc1. The largest absolute Gasteiger partial charge is 0.484 e. The van der Waals surface area contributed by atoms with Gasteiger partial charge in [0.2, 0.25) is 0 Å². The molecular formula is C22H18N4O2. The fraction of sp³-hybridized carbons (Fsp3) is 0.0455. The van der Waals surface area contributed by atoms with Gasteiger partial charge in [-0.15, -0.1) is 0 Å². The van der Waals surface area contributed by atoms with Crippen molar-refractivity contribution in [1.82, 2.24) is 9.97 Å². The van der Waals surface area contributed by atoms with Crippen LogP contribution in [0.3, 0.4) is 0 Å². The summed E-state index contributed by atoms with van der Waals surface area (Å²) < 4.78 is 5.43. The number of para-hydroxylation sites is 2. The van der Waals surface area contributed by atoms with Crippen LogP contribution in [0.5, 0.6) is 5.75 Å². The second kappa shape index (κ2) is 8.18. The summed E-state index contributed by atoms with van der Waals surface area (Å²) in [6, 6.07) is 22.6. The Kier molecular flexibility index (Phi) is 5.11. The molecule has 0 aliphatic rings. The van der Waals surface area contributed by atoms with Gasteiger partial charge in [0.1, 0.15) is 11.6 Å². The number of amides is 1. The molecule has 0 bridgehead atoms. The van der Waals surface area contributed by atoms with E-state index in [2.05, 4.69) is 20.6 Å². The van der Waals surface area contributed by atoms with Crippen LogP contribution in [0.4, 0.5) is 17.2 Å². The van der Waals surface area contributed by atoms with E-state index >= 15 is 0 Å². The standard InChI is InChI=1S/C22H18N4O2/c27-21(15-28-18-8-2-1-3-9-18)25-17-11-12-20(24-14-17)26-19-10-4-6-16-7-5-13-23-22(16)19/h1-14H,15H2,(H,24,26)(H,25,27). The zero-order valence-electron chi connectivity index (χ0n) is 15.0. The number of aromatic nitrogens is 2. The van der Waals surface area contributed by atoms with Crippen molar-refractivity contribution in [2.75, 3.05) is 17.2 Å². The van der Waals surface area contributed by atoms with Gasteiger partial charge in [-0.1, -0.05) is 36.4 Å². The van der Waals surface area contributed by atoms with Gasteiger partial charge in [0.25, 0.3) is 5.91 Å². The molecule has 2 aromatic heterocycles. The second-order valence-electron chi connectivity index (χ2n) is 6.09. The quantitative estimate of drug-likeness (QED) is 0.526. The van der Waals surface area contributed by atoms with Crippen molar-refractivity contribution in [3.8, 4) is 5.75 Å². The summed E-state index contributed by atoms with van der Waals surface area (Å²) in [5, 5.41) is 7.08. The number of benzene rings is 2. The number of rotatable bonds is 6. The number of anilines is 3. The summed E-state index contributed by atoms with van der Waals surface area (Å²) >= 11 is 0. The molecule has 1 amide bonds. The normalized spacial score (nSPS) is 10.4. The molecule has 4 aromatic rings. The zero-order valence-corrected chi connectivity index (χ0v) is 15.0. The fourth-order valence-electron chi connectivity index (χ4n) is 2.75. The first-order chi connectivity index (χ1) is 13.8. The van der Waals surface area contributed by atoms with Crippen molar-refractivity contribution in [2.24, 2.45) is 0 Å². The number of nitrogens with zero attached hydrogens (tertiary/aromatic N) is 2. The maximum atomic E-state index is 12.0. The van der Waals surface area contributed by atoms with Crippen LogP contribution >= 0.6 is 0 Å². The summed E-state index contributed by atoms with van der Waals surface area (Å²) in [6.07, 6.45) is 3.36. The molecule has 0 saturated heterocycles. The minimum Gasteiger partial charge on any atom is -0.484 e. The van der Waals surface area contributed by atoms with Gasteiger partial charge in [-0.3, -0.25) is 9.78 Å². The fourth-order valence-corrected chi connectivity index (χ4v) is 2.75. The highest BCUT2D eigenvalue weighted by Crippen LogP contribution is 2.24. The molecule has 28 heavy (non-hydrogen) atoms.